The van der Waals surface area contributed by atoms with Crippen molar-refractivity contribution < 1.29 is 9.59 Å². The quantitative estimate of drug-likeness (QED) is 0.756. The zero-order valence-corrected chi connectivity index (χ0v) is 12.2. The van der Waals surface area contributed by atoms with Crippen LogP contribution in [0.15, 0.2) is 0 Å². The molecule has 1 saturated carbocycles. The van der Waals surface area contributed by atoms with Gasteiger partial charge in [-0.3, -0.25) is 9.59 Å². The second kappa shape index (κ2) is 8.15. The van der Waals surface area contributed by atoms with Crippen LogP contribution in [0, 0.1) is 0 Å². The summed E-state index contributed by atoms with van der Waals surface area (Å²) in [7, 11) is 0. The molecule has 1 aliphatic rings. The predicted octanol–water partition coefficient (Wildman–Crippen LogP) is 1.02. The van der Waals surface area contributed by atoms with Crippen LogP contribution in [0.25, 0.3) is 0 Å². The Labute approximate surface area is 115 Å². The van der Waals surface area contributed by atoms with Gasteiger partial charge in [0.15, 0.2) is 0 Å². The van der Waals surface area contributed by atoms with E-state index in [1.165, 1.54) is 0 Å². The molecule has 0 radical (unpaired) electrons. The zero-order chi connectivity index (χ0) is 14.3. The van der Waals surface area contributed by atoms with Crippen molar-refractivity contribution in [2.75, 3.05) is 13.1 Å². The second-order valence-corrected chi connectivity index (χ2v) is 5.25. The van der Waals surface area contributed by atoms with Crippen molar-refractivity contribution in [2.45, 2.75) is 64.5 Å². The molecule has 0 aliphatic heterocycles. The van der Waals surface area contributed by atoms with Crippen molar-refractivity contribution in [1.82, 2.24) is 10.2 Å². The van der Waals surface area contributed by atoms with E-state index >= 15 is 0 Å². The normalized spacial score (nSPS) is 22.9. The van der Waals surface area contributed by atoms with Gasteiger partial charge in [0.1, 0.15) is 0 Å². The molecule has 0 spiro atoms. The van der Waals surface area contributed by atoms with Crippen molar-refractivity contribution in [2.24, 2.45) is 5.73 Å². The van der Waals surface area contributed by atoms with E-state index in [4.69, 9.17) is 5.73 Å². The smallest absolute Gasteiger partial charge is 0.223 e. The van der Waals surface area contributed by atoms with Crippen LogP contribution in [0.3, 0.4) is 0 Å². The van der Waals surface area contributed by atoms with Crippen LogP contribution < -0.4 is 11.1 Å². The highest BCUT2D eigenvalue weighted by molar-refractivity contribution is 5.83. The van der Waals surface area contributed by atoms with Crippen molar-refractivity contribution >= 4 is 11.8 Å². The molecule has 5 nitrogen and oxygen atoms in total. The first kappa shape index (κ1) is 16.0. The van der Waals surface area contributed by atoms with Gasteiger partial charge in [-0.2, -0.15) is 0 Å². The minimum atomic E-state index is -0.0130. The third-order valence-corrected chi connectivity index (χ3v) is 3.82. The summed E-state index contributed by atoms with van der Waals surface area (Å²) >= 11 is 0. The Morgan fingerprint density at radius 3 is 2.21 bits per heavy atom. The van der Waals surface area contributed by atoms with Gasteiger partial charge < -0.3 is 16.0 Å². The Kier molecular flexibility index (Phi) is 6.84. The highest BCUT2D eigenvalue weighted by atomic mass is 16.2. The lowest BCUT2D eigenvalue weighted by Crippen LogP contribution is -2.41. The van der Waals surface area contributed by atoms with E-state index in [0.717, 1.165) is 25.7 Å². The van der Waals surface area contributed by atoms with Gasteiger partial charge in [0.25, 0.3) is 0 Å². The van der Waals surface area contributed by atoms with Gasteiger partial charge in [0.2, 0.25) is 11.8 Å². The highest BCUT2D eigenvalue weighted by Crippen LogP contribution is 2.17. The number of nitrogens with two attached hydrogens (primary N) is 1. The van der Waals surface area contributed by atoms with Crippen LogP contribution in [-0.4, -0.2) is 41.9 Å². The lowest BCUT2D eigenvalue weighted by molar-refractivity contribution is -0.133. The number of carbonyl (C=O) groups excluding carboxylic acids is 2. The van der Waals surface area contributed by atoms with E-state index in [9.17, 15) is 9.59 Å². The molecule has 0 heterocycles. The Morgan fingerprint density at radius 2 is 1.68 bits per heavy atom. The first-order valence-corrected chi connectivity index (χ1v) is 7.39. The monoisotopic (exact) mass is 269 g/mol. The van der Waals surface area contributed by atoms with Crippen molar-refractivity contribution in [1.29, 1.82) is 0 Å². The summed E-state index contributed by atoms with van der Waals surface area (Å²) in [6.07, 6.45) is 4.46. The van der Waals surface area contributed by atoms with E-state index in [1.807, 2.05) is 13.8 Å². The summed E-state index contributed by atoms with van der Waals surface area (Å²) < 4.78 is 0. The highest BCUT2D eigenvalue weighted by Gasteiger charge is 2.20. The van der Waals surface area contributed by atoms with Crippen LogP contribution in [0.5, 0.6) is 0 Å². The molecule has 3 N–H and O–H groups in total. The molecule has 0 aromatic heterocycles. The number of nitrogens with zero attached hydrogens (tertiary/aromatic N) is 1. The fourth-order valence-electron chi connectivity index (χ4n) is 2.52. The number of carbonyl (C=O) groups is 2. The molecule has 0 saturated heterocycles. The molecule has 0 aromatic rings. The standard InChI is InChI=1S/C14H27N3O2/c1-3-17(4-2)14(19)10-9-13(18)16-12-7-5-11(15)6-8-12/h11-12H,3-10,15H2,1-2H3,(H,16,18). The summed E-state index contributed by atoms with van der Waals surface area (Å²) in [4.78, 5) is 25.3. The number of rotatable bonds is 6. The van der Waals surface area contributed by atoms with Gasteiger partial charge in [-0.05, 0) is 39.5 Å². The molecule has 0 unspecified atom stereocenters. The number of hydrogen-bond donors (Lipinski definition) is 2. The molecule has 110 valence electrons. The summed E-state index contributed by atoms with van der Waals surface area (Å²) in [5.41, 5.74) is 5.83. The van der Waals surface area contributed by atoms with Crippen LogP contribution >= 0.6 is 0 Å². The fraction of sp³-hybridized carbons (Fsp3) is 0.857. The van der Waals surface area contributed by atoms with Gasteiger partial charge in [-0.1, -0.05) is 0 Å². The van der Waals surface area contributed by atoms with Gasteiger partial charge in [-0.15, -0.1) is 0 Å². The van der Waals surface area contributed by atoms with Gasteiger partial charge in [0.05, 0.1) is 0 Å². The maximum atomic E-state index is 11.8. The number of amides is 2. The average molecular weight is 269 g/mol. The Hall–Kier alpha value is -1.10. The molecule has 0 atom stereocenters. The van der Waals surface area contributed by atoms with Gasteiger partial charge in [-0.25, -0.2) is 0 Å². The van der Waals surface area contributed by atoms with Crippen molar-refractivity contribution in [3.63, 3.8) is 0 Å². The maximum Gasteiger partial charge on any atom is 0.223 e. The number of nitrogens with one attached hydrogen (secondary N) is 1. The zero-order valence-electron chi connectivity index (χ0n) is 12.2. The maximum absolute atomic E-state index is 11.8. The SMILES string of the molecule is CCN(CC)C(=O)CCC(=O)NC1CCC(N)CC1. The molecule has 1 fully saturated rings. The molecule has 0 bridgehead atoms. The summed E-state index contributed by atoms with van der Waals surface area (Å²) in [5.74, 6) is 0.0480. The van der Waals surface area contributed by atoms with Gasteiger partial charge in [0, 0.05) is 38.0 Å². The largest absolute Gasteiger partial charge is 0.353 e. The molecule has 19 heavy (non-hydrogen) atoms. The van der Waals surface area contributed by atoms with Crippen LogP contribution in [-0.2, 0) is 9.59 Å². The lowest BCUT2D eigenvalue weighted by atomic mass is 9.92. The summed E-state index contributed by atoms with van der Waals surface area (Å²) in [5, 5.41) is 3.00. The molecule has 1 rings (SSSR count). The minimum absolute atomic E-state index is 0.0130. The first-order chi connectivity index (χ1) is 9.06. The molecule has 0 aromatic carbocycles. The Bertz CT molecular complexity index is 295. The predicted molar refractivity (Wildman–Crippen MR) is 75.5 cm³/mol. The number of hydrogen-bond acceptors (Lipinski definition) is 3. The minimum Gasteiger partial charge on any atom is -0.353 e. The molecular weight excluding hydrogens is 242 g/mol. The van der Waals surface area contributed by atoms with E-state index in [-0.39, 0.29) is 30.3 Å². The summed E-state index contributed by atoms with van der Waals surface area (Å²) in [6, 6.07) is 0.535. The van der Waals surface area contributed by atoms with E-state index < -0.39 is 0 Å². The fourth-order valence-corrected chi connectivity index (χ4v) is 2.52. The third-order valence-electron chi connectivity index (χ3n) is 3.82. The van der Waals surface area contributed by atoms with E-state index in [1.54, 1.807) is 4.90 Å². The van der Waals surface area contributed by atoms with Crippen LogP contribution in [0.4, 0.5) is 0 Å². The van der Waals surface area contributed by atoms with Crippen molar-refractivity contribution in [3.05, 3.63) is 0 Å². The lowest BCUT2D eigenvalue weighted by Gasteiger charge is -2.27. The summed E-state index contributed by atoms with van der Waals surface area (Å²) in [6.45, 7) is 5.31. The van der Waals surface area contributed by atoms with Gasteiger partial charge >= 0.3 is 0 Å². The average Bonchev–Trinajstić information content (AvgIpc) is 2.40. The molecule has 1 aliphatic carbocycles. The van der Waals surface area contributed by atoms with E-state index in [0.29, 0.717) is 19.5 Å². The second-order valence-electron chi connectivity index (χ2n) is 5.25. The van der Waals surface area contributed by atoms with Crippen LogP contribution in [0.2, 0.25) is 0 Å². The first-order valence-electron chi connectivity index (χ1n) is 7.39. The van der Waals surface area contributed by atoms with Crippen molar-refractivity contribution in [3.8, 4) is 0 Å². The third kappa shape index (κ3) is 5.59. The van der Waals surface area contributed by atoms with E-state index in [2.05, 4.69) is 5.32 Å². The Morgan fingerprint density at radius 1 is 1.11 bits per heavy atom. The molecular formula is C14H27N3O2. The molecule has 5 heteroatoms. The van der Waals surface area contributed by atoms with Crippen LogP contribution in [0.1, 0.15) is 52.4 Å². The topological polar surface area (TPSA) is 75.4 Å². The molecule has 2 amide bonds. The Balaban J connectivity index is 2.22.